The van der Waals surface area contributed by atoms with Gasteiger partial charge in [-0.2, -0.15) is 4.31 Å². The molecule has 0 aliphatic carbocycles. The molecule has 2 aliphatic rings. The molecule has 0 fully saturated rings. The van der Waals surface area contributed by atoms with Crippen molar-refractivity contribution in [2.45, 2.75) is 30.9 Å². The molecule has 5 rings (SSSR count). The summed E-state index contributed by atoms with van der Waals surface area (Å²) < 4.78 is 45.9. The standard InChI is InChI=1S/C28H31N3O7S/c1-18-14-31(19(2)16-32)39(34,35)27-9-7-20(22-5-4-10-29-13-22)11-25(27)38-26(18)15-30(3)28(33)21-6-8-23-24(12-21)37-17-36-23/h4-13,18-19,26,32H,14-17H2,1-3H3/t18-,19-,26-/m1/s1. The van der Waals surface area contributed by atoms with Crippen LogP contribution in [-0.4, -0.2) is 79.3 Å². The monoisotopic (exact) mass is 553 g/mol. The van der Waals surface area contributed by atoms with Crippen LogP contribution in [0.25, 0.3) is 11.1 Å². The van der Waals surface area contributed by atoms with Gasteiger partial charge in [0.2, 0.25) is 16.8 Å². The summed E-state index contributed by atoms with van der Waals surface area (Å²) in [6.07, 6.45) is 2.81. The van der Waals surface area contributed by atoms with Gasteiger partial charge in [-0.15, -0.1) is 0 Å². The van der Waals surface area contributed by atoms with Crippen LogP contribution < -0.4 is 14.2 Å². The fourth-order valence-electron chi connectivity index (χ4n) is 4.76. The van der Waals surface area contributed by atoms with E-state index in [4.69, 9.17) is 14.2 Å². The Bertz CT molecular complexity index is 1470. The number of nitrogens with zero attached hydrogens (tertiary/aromatic N) is 3. The maximum atomic E-state index is 13.7. The minimum Gasteiger partial charge on any atom is -0.487 e. The van der Waals surface area contributed by atoms with Crippen LogP contribution >= 0.6 is 0 Å². The zero-order valence-electron chi connectivity index (χ0n) is 22.0. The molecule has 0 saturated carbocycles. The Hall–Kier alpha value is -3.67. The van der Waals surface area contributed by atoms with Crippen molar-refractivity contribution in [3.63, 3.8) is 0 Å². The third kappa shape index (κ3) is 5.29. The molecular formula is C28H31N3O7S. The van der Waals surface area contributed by atoms with E-state index < -0.39 is 22.2 Å². The van der Waals surface area contributed by atoms with Gasteiger partial charge in [0.1, 0.15) is 16.7 Å². The number of aliphatic hydroxyl groups is 1. The summed E-state index contributed by atoms with van der Waals surface area (Å²) in [4.78, 5) is 19.0. The fourth-order valence-corrected chi connectivity index (χ4v) is 6.59. The van der Waals surface area contributed by atoms with Gasteiger partial charge in [-0.05, 0) is 48.9 Å². The molecule has 0 saturated heterocycles. The molecule has 1 N–H and O–H groups in total. The molecule has 11 heteroatoms. The number of sulfonamides is 1. The number of fused-ring (bicyclic) bond motifs is 2. The van der Waals surface area contributed by atoms with Gasteiger partial charge < -0.3 is 24.2 Å². The molecule has 1 aromatic heterocycles. The number of ether oxygens (including phenoxy) is 3. The van der Waals surface area contributed by atoms with Gasteiger partial charge in [0.15, 0.2) is 11.5 Å². The molecule has 0 bridgehead atoms. The first-order chi connectivity index (χ1) is 18.7. The Balaban J connectivity index is 1.49. The number of carbonyl (C=O) groups excluding carboxylic acids is 1. The van der Waals surface area contributed by atoms with Gasteiger partial charge in [-0.25, -0.2) is 8.42 Å². The van der Waals surface area contributed by atoms with Crippen molar-refractivity contribution in [2.75, 3.05) is 33.5 Å². The Morgan fingerprint density at radius 3 is 2.67 bits per heavy atom. The summed E-state index contributed by atoms with van der Waals surface area (Å²) in [6.45, 7) is 3.65. The number of aromatic nitrogens is 1. The third-order valence-corrected chi connectivity index (χ3v) is 9.10. The highest BCUT2D eigenvalue weighted by molar-refractivity contribution is 7.89. The van der Waals surface area contributed by atoms with Gasteiger partial charge in [-0.1, -0.05) is 19.1 Å². The molecule has 3 heterocycles. The van der Waals surface area contributed by atoms with Crippen molar-refractivity contribution >= 4 is 15.9 Å². The van der Waals surface area contributed by atoms with Crippen molar-refractivity contribution in [3.05, 3.63) is 66.5 Å². The molecular weight excluding hydrogens is 522 g/mol. The van der Waals surface area contributed by atoms with Crippen LogP contribution in [0.1, 0.15) is 24.2 Å². The molecule has 0 unspecified atom stereocenters. The first kappa shape index (κ1) is 26.9. The van der Waals surface area contributed by atoms with Gasteiger partial charge in [0, 0.05) is 49.1 Å². The second kappa shape index (κ2) is 10.8. The summed E-state index contributed by atoms with van der Waals surface area (Å²) in [5.74, 6) is 0.749. The quantitative estimate of drug-likeness (QED) is 0.495. The van der Waals surface area contributed by atoms with E-state index in [1.807, 2.05) is 13.0 Å². The molecule has 39 heavy (non-hydrogen) atoms. The van der Waals surface area contributed by atoms with E-state index in [9.17, 15) is 18.3 Å². The normalized spacial score (nSPS) is 20.7. The number of rotatable bonds is 6. The maximum Gasteiger partial charge on any atom is 0.253 e. The van der Waals surface area contributed by atoms with Gasteiger partial charge in [0.05, 0.1) is 13.2 Å². The average Bonchev–Trinajstić information content (AvgIpc) is 3.42. The predicted octanol–water partition coefficient (Wildman–Crippen LogP) is 3.02. The zero-order chi connectivity index (χ0) is 27.7. The van der Waals surface area contributed by atoms with Crippen molar-refractivity contribution in [1.29, 1.82) is 0 Å². The Morgan fingerprint density at radius 2 is 1.92 bits per heavy atom. The lowest BCUT2D eigenvalue weighted by atomic mass is 10.0. The predicted molar refractivity (Wildman–Crippen MR) is 143 cm³/mol. The Labute approximate surface area is 227 Å². The summed E-state index contributed by atoms with van der Waals surface area (Å²) in [6, 6.07) is 13.0. The smallest absolute Gasteiger partial charge is 0.253 e. The highest BCUT2D eigenvalue weighted by atomic mass is 32.2. The number of hydrogen-bond acceptors (Lipinski definition) is 8. The first-order valence-electron chi connectivity index (χ1n) is 12.7. The van der Waals surface area contributed by atoms with E-state index in [0.717, 1.165) is 11.1 Å². The average molecular weight is 554 g/mol. The number of hydrogen-bond donors (Lipinski definition) is 1. The van der Waals surface area contributed by atoms with Crippen LogP contribution in [0.5, 0.6) is 17.2 Å². The SMILES string of the molecule is C[C@@H]1CN([C@H](C)CO)S(=O)(=O)c2ccc(-c3cccnc3)cc2O[C@@H]1CN(C)C(=O)c1ccc2c(c1)OCO2. The lowest BCUT2D eigenvalue weighted by Gasteiger charge is -2.37. The van der Waals surface area contributed by atoms with E-state index in [-0.39, 0.29) is 49.0 Å². The maximum absolute atomic E-state index is 13.7. The molecule has 1 amide bonds. The van der Waals surface area contributed by atoms with Crippen LogP contribution in [0.2, 0.25) is 0 Å². The summed E-state index contributed by atoms with van der Waals surface area (Å²) >= 11 is 0. The number of likely N-dealkylation sites (N-methyl/N-ethyl adjacent to an activating group) is 1. The van der Waals surface area contributed by atoms with Crippen molar-refractivity contribution in [1.82, 2.24) is 14.2 Å². The minimum absolute atomic E-state index is 0.0112. The van der Waals surface area contributed by atoms with E-state index in [2.05, 4.69) is 4.98 Å². The van der Waals surface area contributed by atoms with E-state index in [1.54, 1.807) is 67.7 Å². The van der Waals surface area contributed by atoms with Crippen LogP contribution in [-0.2, 0) is 10.0 Å². The molecule has 2 aromatic carbocycles. The topological polar surface area (TPSA) is 118 Å². The number of aliphatic hydroxyl groups excluding tert-OH is 1. The Morgan fingerprint density at radius 1 is 1.13 bits per heavy atom. The lowest BCUT2D eigenvalue weighted by Crippen LogP contribution is -2.50. The lowest BCUT2D eigenvalue weighted by molar-refractivity contribution is 0.0563. The van der Waals surface area contributed by atoms with Crippen molar-refractivity contribution in [3.8, 4) is 28.4 Å². The second-order valence-corrected chi connectivity index (χ2v) is 11.8. The van der Waals surface area contributed by atoms with Crippen LogP contribution in [0.15, 0.2) is 65.8 Å². The molecule has 2 aliphatic heterocycles. The van der Waals surface area contributed by atoms with Crippen molar-refractivity contribution in [2.24, 2.45) is 5.92 Å². The largest absolute Gasteiger partial charge is 0.487 e. The third-order valence-electron chi connectivity index (χ3n) is 7.08. The van der Waals surface area contributed by atoms with Gasteiger partial charge >= 0.3 is 0 Å². The van der Waals surface area contributed by atoms with E-state index >= 15 is 0 Å². The number of benzene rings is 2. The molecule has 0 radical (unpaired) electrons. The highest BCUT2D eigenvalue weighted by Crippen LogP contribution is 2.37. The zero-order valence-corrected chi connectivity index (χ0v) is 22.8. The molecule has 3 aromatic rings. The fraction of sp³-hybridized carbons (Fsp3) is 0.357. The van der Waals surface area contributed by atoms with Crippen LogP contribution in [0.4, 0.5) is 0 Å². The number of carbonyl (C=O) groups is 1. The first-order valence-corrected chi connectivity index (χ1v) is 14.1. The second-order valence-electron chi connectivity index (χ2n) is 9.90. The minimum atomic E-state index is -3.98. The summed E-state index contributed by atoms with van der Waals surface area (Å²) in [7, 11) is -2.30. The number of amides is 1. The molecule has 0 spiro atoms. The Kier molecular flexibility index (Phi) is 7.48. The molecule has 3 atom stereocenters. The van der Waals surface area contributed by atoms with Crippen LogP contribution in [0.3, 0.4) is 0 Å². The number of pyridine rings is 1. The molecule has 206 valence electrons. The van der Waals surface area contributed by atoms with Gasteiger partial charge in [-0.3, -0.25) is 9.78 Å². The van der Waals surface area contributed by atoms with E-state index in [1.165, 1.54) is 10.4 Å². The van der Waals surface area contributed by atoms with Crippen molar-refractivity contribution < 1.29 is 32.5 Å². The van der Waals surface area contributed by atoms with Gasteiger partial charge in [0.25, 0.3) is 5.91 Å². The summed E-state index contributed by atoms with van der Waals surface area (Å²) in [5.41, 5.74) is 2.00. The van der Waals surface area contributed by atoms with Crippen LogP contribution in [0, 0.1) is 5.92 Å². The molecule has 10 nitrogen and oxygen atoms in total. The highest BCUT2D eigenvalue weighted by Gasteiger charge is 2.38. The van der Waals surface area contributed by atoms with E-state index in [0.29, 0.717) is 17.1 Å². The summed E-state index contributed by atoms with van der Waals surface area (Å²) in [5, 5.41) is 9.87.